The number of terminal acetylenes is 1. The Hall–Kier alpha value is -1.47. The van der Waals surface area contributed by atoms with Crippen LogP contribution < -0.4 is 5.32 Å². The van der Waals surface area contributed by atoms with Crippen molar-refractivity contribution in [3.63, 3.8) is 0 Å². The maximum Gasteiger partial charge on any atom is 0.416 e. The van der Waals surface area contributed by atoms with Crippen LogP contribution in [-0.4, -0.2) is 7.05 Å². The van der Waals surface area contributed by atoms with Crippen molar-refractivity contribution in [2.45, 2.75) is 31.5 Å². The molecule has 0 amide bonds. The molecular formula is C14H16F3N. The minimum atomic E-state index is -4.32. The fourth-order valence-electron chi connectivity index (χ4n) is 1.92. The molecule has 0 aliphatic rings. The van der Waals surface area contributed by atoms with Crippen LogP contribution in [0.4, 0.5) is 13.2 Å². The Kier molecular flexibility index (Phi) is 5.24. The average molecular weight is 255 g/mol. The van der Waals surface area contributed by atoms with Crippen molar-refractivity contribution in [2.24, 2.45) is 0 Å². The van der Waals surface area contributed by atoms with Crippen molar-refractivity contribution in [1.29, 1.82) is 0 Å². The quantitative estimate of drug-likeness (QED) is 0.624. The molecule has 1 unspecified atom stereocenters. The summed E-state index contributed by atoms with van der Waals surface area (Å²) in [4.78, 5) is 0. The van der Waals surface area contributed by atoms with Gasteiger partial charge in [0.25, 0.3) is 0 Å². The number of unbranched alkanes of at least 4 members (excludes halogenated alkanes) is 1. The Morgan fingerprint density at radius 1 is 1.33 bits per heavy atom. The first-order valence-electron chi connectivity index (χ1n) is 5.77. The molecule has 0 saturated heterocycles. The predicted octanol–water partition coefficient (Wildman–Crippen LogP) is 3.77. The third-order valence-corrected chi connectivity index (χ3v) is 2.80. The maximum atomic E-state index is 12.9. The van der Waals surface area contributed by atoms with Gasteiger partial charge in [0.2, 0.25) is 0 Å². The van der Waals surface area contributed by atoms with E-state index in [2.05, 4.69) is 11.2 Å². The summed E-state index contributed by atoms with van der Waals surface area (Å²) in [6.07, 6.45) is 2.69. The lowest BCUT2D eigenvalue weighted by molar-refractivity contribution is -0.138. The number of alkyl halides is 3. The Balaban J connectivity index is 2.95. The Bertz CT molecular complexity index is 418. The second-order valence-corrected chi connectivity index (χ2v) is 4.02. The zero-order chi connectivity index (χ0) is 13.6. The molecule has 0 bridgehead atoms. The van der Waals surface area contributed by atoms with Crippen LogP contribution in [0.1, 0.15) is 36.4 Å². The number of halogens is 3. The molecule has 0 aliphatic heterocycles. The standard InChI is InChI=1S/C14H16F3N/c1-3-4-5-10-13(18-2)11-8-6-7-9-12(11)14(15,16)17/h1,6-9,13,18H,4-5,10H2,2H3. The van der Waals surface area contributed by atoms with Crippen molar-refractivity contribution in [3.8, 4) is 12.3 Å². The summed E-state index contributed by atoms with van der Waals surface area (Å²) in [6.45, 7) is 0. The van der Waals surface area contributed by atoms with Crippen LogP contribution in [0.5, 0.6) is 0 Å². The van der Waals surface area contributed by atoms with E-state index in [0.717, 1.165) is 6.07 Å². The van der Waals surface area contributed by atoms with E-state index in [1.165, 1.54) is 12.1 Å². The highest BCUT2D eigenvalue weighted by molar-refractivity contribution is 5.32. The smallest absolute Gasteiger partial charge is 0.313 e. The average Bonchev–Trinajstić information content (AvgIpc) is 2.34. The Morgan fingerprint density at radius 2 is 2.00 bits per heavy atom. The van der Waals surface area contributed by atoms with Gasteiger partial charge in [-0.3, -0.25) is 0 Å². The van der Waals surface area contributed by atoms with Crippen LogP contribution in [0.2, 0.25) is 0 Å². The molecule has 1 nitrogen and oxygen atoms in total. The van der Waals surface area contributed by atoms with E-state index in [0.29, 0.717) is 19.3 Å². The zero-order valence-corrected chi connectivity index (χ0v) is 10.2. The van der Waals surface area contributed by atoms with Gasteiger partial charge < -0.3 is 5.32 Å². The molecule has 0 heterocycles. The Morgan fingerprint density at radius 3 is 2.56 bits per heavy atom. The van der Waals surface area contributed by atoms with E-state index < -0.39 is 11.7 Å². The van der Waals surface area contributed by atoms with Crippen molar-refractivity contribution >= 4 is 0 Å². The molecule has 0 spiro atoms. The van der Waals surface area contributed by atoms with E-state index in [4.69, 9.17) is 6.42 Å². The Labute approximate surface area is 105 Å². The summed E-state index contributed by atoms with van der Waals surface area (Å²) in [5, 5.41) is 2.92. The van der Waals surface area contributed by atoms with Crippen LogP contribution in [0.15, 0.2) is 24.3 Å². The van der Waals surface area contributed by atoms with Crippen molar-refractivity contribution in [3.05, 3.63) is 35.4 Å². The number of hydrogen-bond donors (Lipinski definition) is 1. The molecule has 0 aliphatic carbocycles. The first-order valence-corrected chi connectivity index (χ1v) is 5.77. The summed E-state index contributed by atoms with van der Waals surface area (Å²) in [7, 11) is 1.66. The molecule has 1 aromatic carbocycles. The molecule has 0 aromatic heterocycles. The fraction of sp³-hybridized carbons (Fsp3) is 0.429. The maximum absolute atomic E-state index is 12.9. The molecule has 1 rings (SSSR count). The molecule has 0 saturated carbocycles. The highest BCUT2D eigenvalue weighted by atomic mass is 19.4. The number of rotatable bonds is 5. The SMILES string of the molecule is C#CCCCC(NC)c1ccccc1C(F)(F)F. The summed E-state index contributed by atoms with van der Waals surface area (Å²) in [6, 6.07) is 5.33. The highest BCUT2D eigenvalue weighted by Gasteiger charge is 2.34. The van der Waals surface area contributed by atoms with Crippen LogP contribution in [0.25, 0.3) is 0 Å². The van der Waals surface area contributed by atoms with Gasteiger partial charge in [-0.2, -0.15) is 13.2 Å². The normalized spacial score (nSPS) is 13.1. The van der Waals surface area contributed by atoms with Gasteiger partial charge in [-0.25, -0.2) is 0 Å². The third-order valence-electron chi connectivity index (χ3n) is 2.80. The highest BCUT2D eigenvalue weighted by Crippen LogP contribution is 2.35. The van der Waals surface area contributed by atoms with Crippen LogP contribution >= 0.6 is 0 Å². The summed E-state index contributed by atoms with van der Waals surface area (Å²) in [5.41, 5.74) is -0.297. The molecule has 1 aromatic rings. The van der Waals surface area contributed by atoms with Crippen molar-refractivity contribution < 1.29 is 13.2 Å². The van der Waals surface area contributed by atoms with Crippen LogP contribution in [0, 0.1) is 12.3 Å². The predicted molar refractivity (Wildman–Crippen MR) is 65.9 cm³/mol. The van der Waals surface area contributed by atoms with Crippen molar-refractivity contribution in [1.82, 2.24) is 5.32 Å². The van der Waals surface area contributed by atoms with Gasteiger partial charge in [0.05, 0.1) is 5.56 Å². The van der Waals surface area contributed by atoms with E-state index in [-0.39, 0.29) is 11.6 Å². The van der Waals surface area contributed by atoms with E-state index in [1.807, 2.05) is 0 Å². The van der Waals surface area contributed by atoms with E-state index in [1.54, 1.807) is 13.1 Å². The topological polar surface area (TPSA) is 12.0 Å². The summed E-state index contributed by atoms with van der Waals surface area (Å²) < 4.78 is 38.6. The second kappa shape index (κ2) is 6.46. The number of nitrogens with one attached hydrogen (secondary N) is 1. The van der Waals surface area contributed by atoms with Gasteiger partial charge >= 0.3 is 6.18 Å². The van der Waals surface area contributed by atoms with Gasteiger partial charge in [-0.1, -0.05) is 18.2 Å². The van der Waals surface area contributed by atoms with Gasteiger partial charge in [0, 0.05) is 12.5 Å². The molecule has 0 fully saturated rings. The van der Waals surface area contributed by atoms with Crippen molar-refractivity contribution in [2.75, 3.05) is 7.05 Å². The number of benzene rings is 1. The first kappa shape index (κ1) is 14.6. The monoisotopic (exact) mass is 255 g/mol. The lowest BCUT2D eigenvalue weighted by atomic mass is 9.96. The molecule has 1 N–H and O–H groups in total. The molecular weight excluding hydrogens is 239 g/mol. The first-order chi connectivity index (χ1) is 8.50. The molecule has 0 radical (unpaired) electrons. The summed E-state index contributed by atoms with van der Waals surface area (Å²) in [5.74, 6) is 2.49. The molecule has 18 heavy (non-hydrogen) atoms. The van der Waals surface area contributed by atoms with Crippen LogP contribution in [0.3, 0.4) is 0 Å². The van der Waals surface area contributed by atoms with Gasteiger partial charge in [-0.15, -0.1) is 12.3 Å². The van der Waals surface area contributed by atoms with E-state index >= 15 is 0 Å². The second-order valence-electron chi connectivity index (χ2n) is 4.02. The zero-order valence-electron chi connectivity index (χ0n) is 10.2. The number of hydrogen-bond acceptors (Lipinski definition) is 1. The molecule has 98 valence electrons. The van der Waals surface area contributed by atoms with Crippen LogP contribution in [-0.2, 0) is 6.18 Å². The fourth-order valence-corrected chi connectivity index (χ4v) is 1.92. The van der Waals surface area contributed by atoms with Gasteiger partial charge in [-0.05, 0) is 31.5 Å². The summed E-state index contributed by atoms with van der Waals surface area (Å²) >= 11 is 0. The molecule has 1 atom stereocenters. The third kappa shape index (κ3) is 3.78. The largest absolute Gasteiger partial charge is 0.416 e. The van der Waals surface area contributed by atoms with Gasteiger partial charge in [0.1, 0.15) is 0 Å². The minimum Gasteiger partial charge on any atom is -0.313 e. The van der Waals surface area contributed by atoms with E-state index in [9.17, 15) is 13.2 Å². The molecule has 4 heteroatoms. The minimum absolute atomic E-state index is 0.282. The lowest BCUT2D eigenvalue weighted by Crippen LogP contribution is -2.20. The van der Waals surface area contributed by atoms with Gasteiger partial charge in [0.15, 0.2) is 0 Å². The lowest BCUT2D eigenvalue weighted by Gasteiger charge is -2.21.